The van der Waals surface area contributed by atoms with Gasteiger partial charge in [-0.05, 0) is 47.6 Å². The van der Waals surface area contributed by atoms with Crippen LogP contribution >= 0.6 is 0 Å². The molecule has 3 aliphatic carbocycles. The summed E-state index contributed by atoms with van der Waals surface area (Å²) in [6.07, 6.45) is 8.62. The van der Waals surface area contributed by atoms with Crippen molar-refractivity contribution in [1.29, 1.82) is 0 Å². The number of pyridine rings is 1. The third kappa shape index (κ3) is 2.00. The molecule has 2 bridgehead atoms. The summed E-state index contributed by atoms with van der Waals surface area (Å²) in [6.45, 7) is 14.4. The van der Waals surface area contributed by atoms with Crippen molar-refractivity contribution in [3.05, 3.63) is 24.8 Å². The van der Waals surface area contributed by atoms with Crippen LogP contribution < -0.4 is 5.73 Å². The van der Waals surface area contributed by atoms with Gasteiger partial charge >= 0.3 is 0 Å². The number of hydrogen-bond donors (Lipinski definition) is 1. The van der Waals surface area contributed by atoms with E-state index < -0.39 is 8.24 Å². The van der Waals surface area contributed by atoms with Crippen LogP contribution in [0.15, 0.2) is 24.8 Å². The first kappa shape index (κ1) is 18.4. The molecule has 3 heterocycles. The van der Waals surface area contributed by atoms with Crippen LogP contribution in [0.2, 0.25) is 16.6 Å². The van der Waals surface area contributed by atoms with Gasteiger partial charge in [0, 0.05) is 10.9 Å². The van der Waals surface area contributed by atoms with Crippen LogP contribution in [0, 0.1) is 5.92 Å². The van der Waals surface area contributed by atoms with E-state index in [-0.39, 0.29) is 5.54 Å². The molecule has 150 valence electrons. The number of rotatable bonds is 5. The van der Waals surface area contributed by atoms with Gasteiger partial charge in [0.1, 0.15) is 11.2 Å². The quantitative estimate of drug-likeness (QED) is 0.613. The van der Waals surface area contributed by atoms with Crippen LogP contribution in [0.1, 0.15) is 60.4 Å². The molecule has 1 unspecified atom stereocenters. The average Bonchev–Trinajstić information content (AvgIpc) is 3.17. The molecule has 0 aromatic carbocycles. The van der Waals surface area contributed by atoms with Crippen molar-refractivity contribution in [2.75, 3.05) is 0 Å². The SMILES string of the molecule is CC(C)[Si](C(C)C)(C(C)C)n1ccc2c3c(cnc21)ncn3C1C2CC1(N)C2. The highest BCUT2D eigenvalue weighted by atomic mass is 28.3. The van der Waals surface area contributed by atoms with Gasteiger partial charge in [0.2, 0.25) is 0 Å². The van der Waals surface area contributed by atoms with Crippen LogP contribution in [0.4, 0.5) is 0 Å². The molecule has 3 aromatic heterocycles. The second kappa shape index (κ2) is 5.69. The van der Waals surface area contributed by atoms with E-state index in [1.54, 1.807) is 0 Å². The summed E-state index contributed by atoms with van der Waals surface area (Å²) in [7, 11) is -1.84. The molecule has 1 atom stereocenters. The van der Waals surface area contributed by atoms with Gasteiger partial charge in [-0.25, -0.2) is 9.97 Å². The molecule has 3 saturated carbocycles. The van der Waals surface area contributed by atoms with E-state index in [9.17, 15) is 0 Å². The Hall–Kier alpha value is -1.66. The number of imidazole rings is 1. The topological polar surface area (TPSA) is 61.7 Å². The monoisotopic (exact) mass is 395 g/mol. The Morgan fingerprint density at radius 3 is 2.21 bits per heavy atom. The lowest BCUT2D eigenvalue weighted by molar-refractivity contribution is -0.0946. The van der Waals surface area contributed by atoms with Crippen LogP contribution in [-0.2, 0) is 0 Å². The van der Waals surface area contributed by atoms with Gasteiger partial charge in [0.25, 0.3) is 0 Å². The smallest absolute Gasteiger partial charge is 0.171 e. The molecule has 6 heteroatoms. The van der Waals surface area contributed by atoms with E-state index in [4.69, 9.17) is 10.7 Å². The molecule has 0 saturated heterocycles. The normalized spacial score (nSPS) is 27.2. The Kier molecular flexibility index (Phi) is 3.74. The van der Waals surface area contributed by atoms with Crippen LogP contribution in [-0.4, -0.2) is 32.5 Å². The maximum Gasteiger partial charge on any atom is 0.171 e. The molecule has 3 fully saturated rings. The standard InChI is InChI=1S/C22H33N5Si/c1-13(2)28(14(3)4,15(5)6)27-8-7-17-19-18(11-24-21(17)27)25-12-26(19)20-16-9-22(20,23)10-16/h7-8,11-16,20H,9-10,23H2,1-6H3. The number of fused-ring (bicyclic) bond motifs is 3. The Morgan fingerprint density at radius 2 is 1.71 bits per heavy atom. The molecule has 3 aromatic rings. The zero-order chi connectivity index (χ0) is 20.0. The molecule has 0 aliphatic heterocycles. The van der Waals surface area contributed by atoms with Crippen molar-refractivity contribution in [1.82, 2.24) is 18.8 Å². The van der Waals surface area contributed by atoms with E-state index >= 15 is 0 Å². The molecular weight excluding hydrogens is 362 g/mol. The van der Waals surface area contributed by atoms with Gasteiger partial charge in [0.15, 0.2) is 8.24 Å². The Bertz CT molecular complexity index is 1030. The minimum Gasteiger partial charge on any atom is -0.358 e. The van der Waals surface area contributed by atoms with Gasteiger partial charge in [-0.3, -0.25) is 0 Å². The number of aromatic nitrogens is 4. The van der Waals surface area contributed by atoms with Crippen molar-refractivity contribution in [2.45, 2.75) is 82.6 Å². The Labute approximate surface area is 168 Å². The van der Waals surface area contributed by atoms with Gasteiger partial charge in [-0.15, -0.1) is 0 Å². The van der Waals surface area contributed by atoms with Crippen LogP contribution in [0.3, 0.4) is 0 Å². The summed E-state index contributed by atoms with van der Waals surface area (Å²) in [5.74, 6) is 0.725. The number of nitrogens with two attached hydrogens (primary N) is 1. The molecule has 3 aliphatic rings. The molecule has 6 rings (SSSR count). The third-order valence-electron chi connectivity index (χ3n) is 8.06. The highest BCUT2D eigenvalue weighted by Crippen LogP contribution is 2.63. The van der Waals surface area contributed by atoms with E-state index in [1.165, 1.54) is 10.9 Å². The van der Waals surface area contributed by atoms with E-state index in [0.717, 1.165) is 29.9 Å². The first-order valence-corrected chi connectivity index (χ1v) is 13.0. The maximum absolute atomic E-state index is 6.59. The zero-order valence-electron chi connectivity index (χ0n) is 18.0. The molecule has 2 N–H and O–H groups in total. The molecular formula is C22H33N5Si. The Morgan fingerprint density at radius 1 is 1.07 bits per heavy atom. The van der Waals surface area contributed by atoms with Crippen LogP contribution in [0.25, 0.3) is 22.1 Å². The third-order valence-corrected chi connectivity index (χ3v) is 14.8. The fraction of sp³-hybridized carbons (Fsp3) is 0.636. The average molecular weight is 396 g/mol. The summed E-state index contributed by atoms with van der Waals surface area (Å²) < 4.78 is 4.96. The first-order valence-electron chi connectivity index (χ1n) is 10.8. The first-order chi connectivity index (χ1) is 13.2. The fourth-order valence-electron chi connectivity index (χ4n) is 7.00. The highest BCUT2D eigenvalue weighted by molar-refractivity contribution is 6.82. The van der Waals surface area contributed by atoms with E-state index in [2.05, 4.69) is 67.6 Å². The van der Waals surface area contributed by atoms with Crippen LogP contribution in [0.5, 0.6) is 0 Å². The van der Waals surface area contributed by atoms with Crippen molar-refractivity contribution in [3.63, 3.8) is 0 Å². The predicted molar refractivity (Wildman–Crippen MR) is 118 cm³/mol. The van der Waals surface area contributed by atoms with Gasteiger partial charge in [-0.2, -0.15) is 0 Å². The second-order valence-corrected chi connectivity index (χ2v) is 16.0. The lowest BCUT2D eigenvalue weighted by atomic mass is 9.46. The lowest BCUT2D eigenvalue weighted by Crippen LogP contribution is -2.72. The minimum atomic E-state index is -1.84. The minimum absolute atomic E-state index is 0.0111. The van der Waals surface area contributed by atoms with Gasteiger partial charge in [-0.1, -0.05) is 41.5 Å². The fourth-order valence-corrected chi connectivity index (χ4v) is 13.5. The number of nitrogens with zero attached hydrogens (tertiary/aromatic N) is 4. The number of hydrogen-bond acceptors (Lipinski definition) is 3. The maximum atomic E-state index is 6.59. The lowest BCUT2D eigenvalue weighted by Gasteiger charge is -2.66. The van der Waals surface area contributed by atoms with Crippen molar-refractivity contribution >= 4 is 30.3 Å². The largest absolute Gasteiger partial charge is 0.358 e. The highest BCUT2D eigenvalue weighted by Gasteiger charge is 2.64. The van der Waals surface area contributed by atoms with E-state index in [1.807, 2.05) is 12.5 Å². The van der Waals surface area contributed by atoms with Crippen molar-refractivity contribution in [2.24, 2.45) is 11.7 Å². The second-order valence-electron chi connectivity index (χ2n) is 10.3. The molecule has 0 radical (unpaired) electrons. The Balaban J connectivity index is 1.75. The summed E-state index contributed by atoms with van der Waals surface area (Å²) in [5, 5.41) is 1.24. The summed E-state index contributed by atoms with van der Waals surface area (Å²) in [6, 6.07) is 2.69. The summed E-state index contributed by atoms with van der Waals surface area (Å²) in [4.78, 5) is 9.62. The zero-order valence-corrected chi connectivity index (χ0v) is 19.0. The molecule has 0 spiro atoms. The van der Waals surface area contributed by atoms with Crippen molar-refractivity contribution < 1.29 is 0 Å². The van der Waals surface area contributed by atoms with Gasteiger partial charge < -0.3 is 14.5 Å². The summed E-state index contributed by atoms with van der Waals surface area (Å²) in [5.41, 5.74) is 11.8. The summed E-state index contributed by atoms with van der Waals surface area (Å²) >= 11 is 0. The van der Waals surface area contributed by atoms with Gasteiger partial charge in [0.05, 0.1) is 24.1 Å². The molecule has 0 amide bonds. The molecule has 5 nitrogen and oxygen atoms in total. The predicted octanol–water partition coefficient (Wildman–Crippen LogP) is 5.07. The molecule has 28 heavy (non-hydrogen) atoms. The van der Waals surface area contributed by atoms with E-state index in [0.29, 0.717) is 22.7 Å². The van der Waals surface area contributed by atoms with Crippen molar-refractivity contribution in [3.8, 4) is 0 Å².